The molecule has 2 nitrogen and oxygen atoms in total. The maximum Gasteiger partial charge on any atom is 0.161 e. The van der Waals surface area contributed by atoms with Crippen molar-refractivity contribution in [3.8, 4) is 0 Å². The summed E-state index contributed by atoms with van der Waals surface area (Å²) in [6, 6.07) is 6.34. The predicted octanol–water partition coefficient (Wildman–Crippen LogP) is 4.56. The lowest BCUT2D eigenvalue weighted by atomic mass is 9.86. The lowest BCUT2D eigenvalue weighted by Crippen LogP contribution is -2.35. The van der Waals surface area contributed by atoms with E-state index in [1.807, 2.05) is 18.2 Å². The second kappa shape index (κ2) is 5.96. The molecule has 1 aliphatic rings. The molecule has 19 heavy (non-hydrogen) atoms. The van der Waals surface area contributed by atoms with Crippen LogP contribution in [0.5, 0.6) is 0 Å². The van der Waals surface area contributed by atoms with Crippen molar-refractivity contribution < 1.29 is 4.79 Å². The van der Waals surface area contributed by atoms with Gasteiger partial charge in [-0.15, -0.1) is 0 Å². The van der Waals surface area contributed by atoms with E-state index in [0.717, 1.165) is 11.6 Å². The van der Waals surface area contributed by atoms with Gasteiger partial charge in [-0.05, 0) is 43.9 Å². The Balaban J connectivity index is 2.17. The number of carbonyl (C=O) groups excluding carboxylic acids is 1. The zero-order chi connectivity index (χ0) is 14.0. The molecule has 1 fully saturated rings. The van der Waals surface area contributed by atoms with Gasteiger partial charge >= 0.3 is 0 Å². The molecule has 2 atom stereocenters. The molecule has 0 saturated heterocycles. The standard InChI is InChI=1S/C16H22ClNO/c1-11-5-4-6-13(9-11)18(3)14-7-8-15(12(2)19)16(17)10-14/h7-8,10-11,13H,4-6,9H2,1-3H3. The second-order valence-electron chi connectivity index (χ2n) is 5.76. The SMILES string of the molecule is CC(=O)c1ccc(N(C)C2CCCC(C)C2)cc1Cl. The van der Waals surface area contributed by atoms with E-state index in [9.17, 15) is 4.79 Å². The molecule has 0 aliphatic heterocycles. The van der Waals surface area contributed by atoms with Crippen LogP contribution in [0.2, 0.25) is 5.02 Å². The predicted molar refractivity (Wildman–Crippen MR) is 81.3 cm³/mol. The largest absolute Gasteiger partial charge is 0.372 e. The maximum absolute atomic E-state index is 11.4. The van der Waals surface area contributed by atoms with Gasteiger partial charge in [-0.25, -0.2) is 0 Å². The molecule has 104 valence electrons. The molecule has 0 heterocycles. The first kappa shape index (κ1) is 14.4. The number of carbonyl (C=O) groups is 1. The number of hydrogen-bond acceptors (Lipinski definition) is 2. The molecule has 3 heteroatoms. The first-order valence-corrected chi connectivity index (χ1v) is 7.40. The van der Waals surface area contributed by atoms with Crippen molar-refractivity contribution in [3.05, 3.63) is 28.8 Å². The van der Waals surface area contributed by atoms with E-state index in [1.165, 1.54) is 25.7 Å². The van der Waals surface area contributed by atoms with Crippen LogP contribution in [0, 0.1) is 5.92 Å². The highest BCUT2D eigenvalue weighted by Gasteiger charge is 2.23. The number of nitrogens with zero attached hydrogens (tertiary/aromatic N) is 1. The van der Waals surface area contributed by atoms with Crippen LogP contribution in [-0.2, 0) is 0 Å². The molecule has 0 bridgehead atoms. The van der Waals surface area contributed by atoms with Crippen molar-refractivity contribution in [3.63, 3.8) is 0 Å². The summed E-state index contributed by atoms with van der Waals surface area (Å²) in [4.78, 5) is 13.7. The molecule has 1 aromatic rings. The van der Waals surface area contributed by atoms with Crippen molar-refractivity contribution in [2.45, 2.75) is 45.6 Å². The Kier molecular flexibility index (Phi) is 4.51. The fourth-order valence-electron chi connectivity index (χ4n) is 2.97. The van der Waals surface area contributed by atoms with E-state index >= 15 is 0 Å². The molecule has 0 spiro atoms. The first-order chi connectivity index (χ1) is 8.99. The quantitative estimate of drug-likeness (QED) is 0.756. The average molecular weight is 280 g/mol. The van der Waals surface area contributed by atoms with Crippen molar-refractivity contribution in [1.82, 2.24) is 0 Å². The fraction of sp³-hybridized carbons (Fsp3) is 0.562. The van der Waals surface area contributed by atoms with Crippen LogP contribution >= 0.6 is 11.6 Å². The van der Waals surface area contributed by atoms with E-state index in [0.29, 0.717) is 16.6 Å². The molecule has 2 unspecified atom stereocenters. The van der Waals surface area contributed by atoms with Crippen LogP contribution in [0.25, 0.3) is 0 Å². The number of halogens is 1. The number of rotatable bonds is 3. The first-order valence-electron chi connectivity index (χ1n) is 7.02. The van der Waals surface area contributed by atoms with E-state index < -0.39 is 0 Å². The molecule has 0 amide bonds. The van der Waals surface area contributed by atoms with Gasteiger partial charge in [0.1, 0.15) is 0 Å². The van der Waals surface area contributed by atoms with Gasteiger partial charge < -0.3 is 4.90 Å². The summed E-state index contributed by atoms with van der Waals surface area (Å²) < 4.78 is 0. The van der Waals surface area contributed by atoms with Gasteiger partial charge in [-0.2, -0.15) is 0 Å². The Labute approximate surface area is 120 Å². The maximum atomic E-state index is 11.4. The lowest BCUT2D eigenvalue weighted by molar-refractivity contribution is 0.101. The van der Waals surface area contributed by atoms with E-state index in [2.05, 4.69) is 18.9 Å². The van der Waals surface area contributed by atoms with Gasteiger partial charge in [0.15, 0.2) is 5.78 Å². The van der Waals surface area contributed by atoms with Crippen LogP contribution in [0.4, 0.5) is 5.69 Å². The molecule has 1 aromatic carbocycles. The Morgan fingerprint density at radius 1 is 1.37 bits per heavy atom. The van der Waals surface area contributed by atoms with Crippen LogP contribution in [0.1, 0.15) is 49.9 Å². The molecule has 0 N–H and O–H groups in total. The summed E-state index contributed by atoms with van der Waals surface area (Å²) in [7, 11) is 2.13. The third-order valence-electron chi connectivity index (χ3n) is 4.20. The summed E-state index contributed by atoms with van der Waals surface area (Å²) >= 11 is 6.19. The van der Waals surface area contributed by atoms with Crippen molar-refractivity contribution in [1.29, 1.82) is 0 Å². The van der Waals surface area contributed by atoms with Gasteiger partial charge in [0.05, 0.1) is 5.02 Å². The molecular weight excluding hydrogens is 258 g/mol. The Bertz CT molecular complexity index is 472. The smallest absolute Gasteiger partial charge is 0.161 e. The van der Waals surface area contributed by atoms with E-state index in [-0.39, 0.29) is 5.78 Å². The normalized spacial score (nSPS) is 23.2. The topological polar surface area (TPSA) is 20.3 Å². The fourth-order valence-corrected chi connectivity index (χ4v) is 3.28. The monoisotopic (exact) mass is 279 g/mol. The number of Topliss-reactive ketones (excluding diaryl/α,β-unsaturated/α-hetero) is 1. The van der Waals surface area contributed by atoms with Gasteiger partial charge in [0, 0.05) is 24.3 Å². The number of ketones is 1. The van der Waals surface area contributed by atoms with Gasteiger partial charge in [-0.1, -0.05) is 31.4 Å². The average Bonchev–Trinajstić information content (AvgIpc) is 2.37. The summed E-state index contributed by atoms with van der Waals surface area (Å²) in [6.45, 7) is 3.87. The highest BCUT2D eigenvalue weighted by Crippen LogP contribution is 2.31. The van der Waals surface area contributed by atoms with Crippen LogP contribution in [0.3, 0.4) is 0 Å². The number of benzene rings is 1. The summed E-state index contributed by atoms with van der Waals surface area (Å²) in [5, 5.41) is 0.556. The van der Waals surface area contributed by atoms with E-state index in [4.69, 9.17) is 11.6 Å². The minimum atomic E-state index is 0.0190. The Hall–Kier alpha value is -1.02. The summed E-state index contributed by atoms with van der Waals surface area (Å²) in [5.41, 5.74) is 1.71. The Morgan fingerprint density at radius 2 is 2.11 bits per heavy atom. The van der Waals surface area contributed by atoms with Gasteiger partial charge in [0.25, 0.3) is 0 Å². The zero-order valence-corrected chi connectivity index (χ0v) is 12.7. The summed E-state index contributed by atoms with van der Waals surface area (Å²) in [6.07, 6.45) is 5.12. The summed E-state index contributed by atoms with van der Waals surface area (Å²) in [5.74, 6) is 0.818. The highest BCUT2D eigenvalue weighted by molar-refractivity contribution is 6.34. The Morgan fingerprint density at radius 3 is 2.68 bits per heavy atom. The minimum Gasteiger partial charge on any atom is -0.372 e. The highest BCUT2D eigenvalue weighted by atomic mass is 35.5. The molecular formula is C16H22ClNO. The second-order valence-corrected chi connectivity index (χ2v) is 6.16. The molecule has 0 aromatic heterocycles. The van der Waals surface area contributed by atoms with Crippen LogP contribution in [-0.4, -0.2) is 18.9 Å². The van der Waals surface area contributed by atoms with Crippen LogP contribution in [0.15, 0.2) is 18.2 Å². The van der Waals surface area contributed by atoms with Crippen LogP contribution < -0.4 is 4.90 Å². The third-order valence-corrected chi connectivity index (χ3v) is 4.51. The minimum absolute atomic E-state index is 0.0190. The van der Waals surface area contributed by atoms with Crippen molar-refractivity contribution >= 4 is 23.1 Å². The molecule has 2 rings (SSSR count). The third kappa shape index (κ3) is 3.30. The lowest BCUT2D eigenvalue weighted by Gasteiger charge is -2.35. The molecule has 1 aliphatic carbocycles. The zero-order valence-electron chi connectivity index (χ0n) is 11.9. The van der Waals surface area contributed by atoms with Crippen molar-refractivity contribution in [2.24, 2.45) is 5.92 Å². The van der Waals surface area contributed by atoms with Gasteiger partial charge in [-0.3, -0.25) is 4.79 Å². The molecule has 1 saturated carbocycles. The number of hydrogen-bond donors (Lipinski definition) is 0. The number of anilines is 1. The van der Waals surface area contributed by atoms with Crippen molar-refractivity contribution in [2.75, 3.05) is 11.9 Å². The van der Waals surface area contributed by atoms with Gasteiger partial charge in [0.2, 0.25) is 0 Å². The molecule has 0 radical (unpaired) electrons. The van der Waals surface area contributed by atoms with E-state index in [1.54, 1.807) is 6.92 Å².